The number of hydrogen-bond acceptors (Lipinski definition) is 5. The third-order valence-corrected chi connectivity index (χ3v) is 4.71. The predicted molar refractivity (Wildman–Crippen MR) is 80.2 cm³/mol. The Hall–Kier alpha value is -0.810. The Morgan fingerprint density at radius 2 is 1.96 bits per heavy atom. The van der Waals surface area contributed by atoms with Crippen LogP contribution in [-0.2, 0) is 10.0 Å². The first-order chi connectivity index (χ1) is 10.2. The molecule has 11 heteroatoms. The molecule has 1 aliphatic heterocycles. The van der Waals surface area contributed by atoms with Gasteiger partial charge in [-0.1, -0.05) is 0 Å². The number of alkyl halides is 3. The summed E-state index contributed by atoms with van der Waals surface area (Å²) in [6.07, 6.45) is -4.51. The lowest BCUT2D eigenvalue weighted by Gasteiger charge is -2.35. The van der Waals surface area contributed by atoms with Gasteiger partial charge in [0.25, 0.3) is 10.0 Å². The minimum Gasteiger partial charge on any atom is -0.449 e. The highest BCUT2D eigenvalue weighted by Crippen LogP contribution is 2.25. The molecule has 0 aliphatic carbocycles. The van der Waals surface area contributed by atoms with Gasteiger partial charge in [-0.2, -0.15) is 13.2 Å². The second-order valence-electron chi connectivity index (χ2n) is 5.06. The average Bonchev–Trinajstić information content (AvgIpc) is 2.86. The maximum absolute atomic E-state index is 13.2. The number of piperazine rings is 1. The van der Waals surface area contributed by atoms with E-state index in [1.807, 2.05) is 4.72 Å². The van der Waals surface area contributed by atoms with Crippen LogP contribution >= 0.6 is 12.4 Å². The van der Waals surface area contributed by atoms with Crippen LogP contribution in [0.15, 0.2) is 21.6 Å². The summed E-state index contributed by atoms with van der Waals surface area (Å²) in [5.74, 6) is 0.370. The Morgan fingerprint density at radius 3 is 2.43 bits per heavy atom. The summed E-state index contributed by atoms with van der Waals surface area (Å²) in [4.78, 5) is 1.23. The second-order valence-corrected chi connectivity index (χ2v) is 6.76. The molecule has 1 aliphatic rings. The molecule has 1 atom stereocenters. The van der Waals surface area contributed by atoms with Crippen molar-refractivity contribution in [1.29, 1.82) is 0 Å². The molecule has 1 aromatic heterocycles. The molecule has 1 saturated heterocycles. The largest absolute Gasteiger partial charge is 0.449 e. The van der Waals surface area contributed by atoms with E-state index in [-0.39, 0.29) is 30.6 Å². The summed E-state index contributed by atoms with van der Waals surface area (Å²) in [7, 11) is -4.09. The summed E-state index contributed by atoms with van der Waals surface area (Å²) in [5.41, 5.74) is 0. The van der Waals surface area contributed by atoms with E-state index < -0.39 is 28.8 Å². The summed E-state index contributed by atoms with van der Waals surface area (Å²) in [5, 5.41) is 2.58. The molecule has 2 N–H and O–H groups in total. The number of halogens is 4. The molecular weight excluding hydrogens is 359 g/mol. The first kappa shape index (κ1) is 20.2. The van der Waals surface area contributed by atoms with E-state index in [9.17, 15) is 21.6 Å². The van der Waals surface area contributed by atoms with Gasteiger partial charge in [0.2, 0.25) is 5.09 Å². The van der Waals surface area contributed by atoms with Crippen LogP contribution < -0.4 is 10.0 Å². The number of hydrogen-bond donors (Lipinski definition) is 2. The van der Waals surface area contributed by atoms with Crippen molar-refractivity contribution in [2.24, 2.45) is 0 Å². The summed E-state index contributed by atoms with van der Waals surface area (Å²) in [6, 6.07) is 0.789. The van der Waals surface area contributed by atoms with Crippen LogP contribution in [0.5, 0.6) is 0 Å². The lowest BCUT2D eigenvalue weighted by atomic mass is 10.2. The van der Waals surface area contributed by atoms with E-state index in [0.29, 0.717) is 18.8 Å². The van der Waals surface area contributed by atoms with Gasteiger partial charge in [0.05, 0.1) is 0 Å². The Labute approximate surface area is 138 Å². The molecule has 0 radical (unpaired) electrons. The van der Waals surface area contributed by atoms with E-state index in [2.05, 4.69) is 5.32 Å². The summed E-state index contributed by atoms with van der Waals surface area (Å²) < 4.78 is 70.4. The first-order valence-corrected chi connectivity index (χ1v) is 8.26. The fourth-order valence-corrected chi connectivity index (χ4v) is 3.27. The molecule has 1 unspecified atom stereocenters. The van der Waals surface area contributed by atoms with Crippen molar-refractivity contribution in [2.75, 3.05) is 32.7 Å². The zero-order valence-corrected chi connectivity index (χ0v) is 14.0. The van der Waals surface area contributed by atoms with E-state index >= 15 is 0 Å². The van der Waals surface area contributed by atoms with Crippen LogP contribution in [-0.4, -0.2) is 58.3 Å². The smallest absolute Gasteiger partial charge is 0.405 e. The first-order valence-electron chi connectivity index (χ1n) is 6.78. The zero-order valence-electron chi connectivity index (χ0n) is 12.4. The molecule has 134 valence electrons. The van der Waals surface area contributed by atoms with E-state index in [1.54, 1.807) is 6.92 Å². The van der Waals surface area contributed by atoms with Crippen molar-refractivity contribution in [2.45, 2.75) is 24.2 Å². The van der Waals surface area contributed by atoms with E-state index in [4.69, 9.17) is 4.42 Å². The summed E-state index contributed by atoms with van der Waals surface area (Å²) in [6.45, 7) is 2.12. The van der Waals surface area contributed by atoms with Gasteiger partial charge in [-0.25, -0.2) is 13.1 Å². The number of aryl methyl sites for hydroxylation is 1. The van der Waals surface area contributed by atoms with Crippen molar-refractivity contribution in [3.8, 4) is 0 Å². The molecule has 23 heavy (non-hydrogen) atoms. The van der Waals surface area contributed by atoms with Gasteiger partial charge in [-0.15, -0.1) is 12.4 Å². The molecule has 2 rings (SSSR count). The Bertz CT molecular complexity index is 600. The monoisotopic (exact) mass is 377 g/mol. The van der Waals surface area contributed by atoms with Gasteiger partial charge in [-0.05, 0) is 19.1 Å². The topological polar surface area (TPSA) is 74.6 Å². The number of furan rings is 1. The Morgan fingerprint density at radius 1 is 1.35 bits per heavy atom. The van der Waals surface area contributed by atoms with Gasteiger partial charge < -0.3 is 9.73 Å². The number of sulfonamides is 1. The van der Waals surface area contributed by atoms with Gasteiger partial charge >= 0.3 is 6.18 Å². The second kappa shape index (κ2) is 7.84. The van der Waals surface area contributed by atoms with Gasteiger partial charge in [-0.3, -0.25) is 4.90 Å². The minimum atomic E-state index is -4.51. The molecule has 0 aromatic carbocycles. The van der Waals surface area contributed by atoms with Crippen LogP contribution in [0.1, 0.15) is 5.76 Å². The SMILES string of the molecule is Cc1ccc(S(=O)(=O)NCC(N2CCNCC2)C(F)(F)F)o1.Cl. The molecule has 0 spiro atoms. The van der Waals surface area contributed by atoms with Crippen LogP contribution in [0.2, 0.25) is 0 Å². The highest BCUT2D eigenvalue weighted by atomic mass is 35.5. The predicted octanol–water partition coefficient (Wildman–Crippen LogP) is 1.12. The lowest BCUT2D eigenvalue weighted by Crippen LogP contribution is -2.57. The van der Waals surface area contributed by atoms with Gasteiger partial charge in [0.1, 0.15) is 11.8 Å². The van der Waals surface area contributed by atoms with Crippen LogP contribution in [0, 0.1) is 6.92 Å². The van der Waals surface area contributed by atoms with Crippen molar-refractivity contribution in [3.63, 3.8) is 0 Å². The lowest BCUT2D eigenvalue weighted by molar-refractivity contribution is -0.182. The van der Waals surface area contributed by atoms with Crippen LogP contribution in [0.3, 0.4) is 0 Å². The van der Waals surface area contributed by atoms with Crippen LogP contribution in [0.25, 0.3) is 0 Å². The number of nitrogens with zero attached hydrogens (tertiary/aromatic N) is 1. The average molecular weight is 378 g/mol. The quantitative estimate of drug-likeness (QED) is 0.804. The van der Waals surface area contributed by atoms with E-state index in [0.717, 1.165) is 0 Å². The fourth-order valence-electron chi connectivity index (χ4n) is 2.26. The van der Waals surface area contributed by atoms with Crippen molar-refractivity contribution in [3.05, 3.63) is 17.9 Å². The summed E-state index contributed by atoms with van der Waals surface area (Å²) >= 11 is 0. The maximum atomic E-state index is 13.2. The highest BCUT2D eigenvalue weighted by Gasteiger charge is 2.44. The number of nitrogens with one attached hydrogen (secondary N) is 2. The normalized spacial score (nSPS) is 18.4. The van der Waals surface area contributed by atoms with Crippen molar-refractivity contribution in [1.82, 2.24) is 14.9 Å². The third kappa shape index (κ3) is 5.35. The van der Waals surface area contributed by atoms with Crippen molar-refractivity contribution < 1.29 is 26.0 Å². The Balaban J connectivity index is 0.00000264. The van der Waals surface area contributed by atoms with Gasteiger partial charge in [0, 0.05) is 32.7 Å². The van der Waals surface area contributed by atoms with E-state index in [1.165, 1.54) is 17.0 Å². The molecule has 0 bridgehead atoms. The zero-order chi connectivity index (χ0) is 16.4. The molecule has 6 nitrogen and oxygen atoms in total. The molecule has 1 aromatic rings. The number of rotatable bonds is 5. The maximum Gasteiger partial charge on any atom is 0.405 e. The molecular formula is C12H19ClF3N3O3S. The molecule has 0 saturated carbocycles. The highest BCUT2D eigenvalue weighted by molar-refractivity contribution is 7.89. The fraction of sp³-hybridized carbons (Fsp3) is 0.667. The third-order valence-electron chi connectivity index (χ3n) is 3.42. The standard InChI is InChI=1S/C12H18F3N3O3S.ClH/c1-9-2-3-11(21-9)22(19,20)17-8-10(12(13,14)15)18-6-4-16-5-7-18;/h2-3,10,16-17H,4-8H2,1H3;1H. The van der Waals surface area contributed by atoms with Crippen molar-refractivity contribution >= 4 is 22.4 Å². The Kier molecular flexibility index (Phi) is 6.90. The molecule has 2 heterocycles. The molecule has 1 fully saturated rings. The van der Waals surface area contributed by atoms with Crippen LogP contribution in [0.4, 0.5) is 13.2 Å². The molecule has 0 amide bonds. The minimum absolute atomic E-state index is 0. The van der Waals surface area contributed by atoms with Gasteiger partial charge in [0.15, 0.2) is 0 Å².